The molecule has 0 saturated carbocycles. The number of hydrogen-bond acceptors (Lipinski definition) is 2. The topological polar surface area (TPSA) is 38.3 Å². The van der Waals surface area contributed by atoms with E-state index in [1.165, 1.54) is 0 Å². The van der Waals surface area contributed by atoms with Crippen molar-refractivity contribution in [3.8, 4) is 5.75 Å². The molecule has 0 aliphatic heterocycles. The lowest BCUT2D eigenvalue weighted by Gasteiger charge is -2.19. The maximum absolute atomic E-state index is 12.4. The molecule has 0 unspecified atom stereocenters. The third-order valence-electron chi connectivity index (χ3n) is 3.59. The molecule has 0 radical (unpaired) electrons. The summed E-state index contributed by atoms with van der Waals surface area (Å²) in [7, 11) is 0. The van der Waals surface area contributed by atoms with Crippen LogP contribution in [0.3, 0.4) is 0 Å². The molecule has 0 aliphatic rings. The zero-order chi connectivity index (χ0) is 17.9. The molecular weight excluding hydrogens is 345 g/mol. The first-order chi connectivity index (χ1) is 11.3. The summed E-state index contributed by atoms with van der Waals surface area (Å²) < 4.78 is 5.90. The first-order valence-electron chi connectivity index (χ1n) is 7.80. The highest BCUT2D eigenvalue weighted by atomic mass is 35.5. The molecule has 3 nitrogen and oxygen atoms in total. The molecule has 0 saturated heterocycles. The second kappa shape index (κ2) is 7.91. The number of nitrogens with one attached hydrogen (secondary N) is 1. The first-order valence-corrected chi connectivity index (χ1v) is 8.56. The Morgan fingerprint density at radius 1 is 1.04 bits per heavy atom. The lowest BCUT2D eigenvalue weighted by molar-refractivity contribution is -0.122. The molecule has 2 aromatic carbocycles. The molecular formula is C19H21Cl2NO2. The zero-order valence-electron chi connectivity index (χ0n) is 14.2. The highest BCUT2D eigenvalue weighted by Gasteiger charge is 2.18. The van der Waals surface area contributed by atoms with Crippen LogP contribution in [0.4, 0.5) is 5.69 Å². The van der Waals surface area contributed by atoms with Gasteiger partial charge in [0.1, 0.15) is 5.75 Å². The van der Waals surface area contributed by atoms with E-state index in [0.29, 0.717) is 21.7 Å². The van der Waals surface area contributed by atoms with Crippen molar-refractivity contribution < 1.29 is 9.53 Å². The standard InChI is InChI=1S/C19H21Cl2NO2/c1-11(2)17-6-5-12(3)7-18(17)24-13(4)19(23)22-16-9-14(20)8-15(21)10-16/h5-11,13H,1-4H3,(H,22,23)/t13-/m1/s1. The van der Waals surface area contributed by atoms with Crippen molar-refractivity contribution in [2.45, 2.75) is 39.7 Å². The van der Waals surface area contributed by atoms with Crippen molar-refractivity contribution >= 4 is 34.8 Å². The smallest absolute Gasteiger partial charge is 0.265 e. The van der Waals surface area contributed by atoms with Gasteiger partial charge in [0.15, 0.2) is 6.10 Å². The van der Waals surface area contributed by atoms with Crippen LogP contribution in [-0.4, -0.2) is 12.0 Å². The average Bonchev–Trinajstić information content (AvgIpc) is 2.45. The van der Waals surface area contributed by atoms with E-state index in [1.807, 2.05) is 25.1 Å². The summed E-state index contributed by atoms with van der Waals surface area (Å²) in [4.78, 5) is 12.4. The third kappa shape index (κ3) is 4.89. The van der Waals surface area contributed by atoms with Gasteiger partial charge in [0, 0.05) is 15.7 Å². The van der Waals surface area contributed by atoms with Crippen LogP contribution >= 0.6 is 23.2 Å². The van der Waals surface area contributed by atoms with E-state index >= 15 is 0 Å². The number of ether oxygens (including phenoxy) is 1. The first kappa shape index (κ1) is 18.6. The molecule has 24 heavy (non-hydrogen) atoms. The van der Waals surface area contributed by atoms with E-state index in [9.17, 15) is 4.79 Å². The lowest BCUT2D eigenvalue weighted by Crippen LogP contribution is -2.30. The fraction of sp³-hybridized carbons (Fsp3) is 0.316. The summed E-state index contributed by atoms with van der Waals surface area (Å²) in [5.74, 6) is 0.781. The summed E-state index contributed by atoms with van der Waals surface area (Å²) in [6.07, 6.45) is -0.651. The van der Waals surface area contributed by atoms with Gasteiger partial charge in [-0.15, -0.1) is 0 Å². The number of anilines is 1. The minimum atomic E-state index is -0.651. The Hall–Kier alpha value is -1.71. The van der Waals surface area contributed by atoms with Crippen molar-refractivity contribution in [1.29, 1.82) is 0 Å². The summed E-state index contributed by atoms with van der Waals surface area (Å²) in [6.45, 7) is 7.90. The number of amides is 1. The molecule has 5 heteroatoms. The highest BCUT2D eigenvalue weighted by Crippen LogP contribution is 2.29. The fourth-order valence-electron chi connectivity index (χ4n) is 2.33. The molecule has 2 aromatic rings. The maximum atomic E-state index is 12.4. The average molecular weight is 366 g/mol. The van der Waals surface area contributed by atoms with Gasteiger partial charge in [0.05, 0.1) is 0 Å². The SMILES string of the molecule is Cc1ccc(C(C)C)c(O[C@H](C)C(=O)Nc2cc(Cl)cc(Cl)c2)c1. The Morgan fingerprint density at radius 2 is 1.67 bits per heavy atom. The summed E-state index contributed by atoms with van der Waals surface area (Å²) >= 11 is 11.9. The Kier molecular flexibility index (Phi) is 6.14. The normalized spacial score (nSPS) is 12.1. The van der Waals surface area contributed by atoms with Crippen LogP contribution in [0.15, 0.2) is 36.4 Å². The molecule has 128 valence electrons. The summed E-state index contributed by atoms with van der Waals surface area (Å²) in [6, 6.07) is 10.9. The van der Waals surface area contributed by atoms with Crippen molar-refractivity contribution in [3.63, 3.8) is 0 Å². The fourth-order valence-corrected chi connectivity index (χ4v) is 2.86. The summed E-state index contributed by atoms with van der Waals surface area (Å²) in [5, 5.41) is 3.70. The molecule has 1 atom stereocenters. The largest absolute Gasteiger partial charge is 0.481 e. The van der Waals surface area contributed by atoms with Crippen molar-refractivity contribution in [2.24, 2.45) is 0 Å². The van der Waals surface area contributed by atoms with Crippen LogP contribution in [0, 0.1) is 6.92 Å². The van der Waals surface area contributed by atoms with Gasteiger partial charge in [0.25, 0.3) is 5.91 Å². The Labute approximate surface area is 152 Å². The minimum absolute atomic E-state index is 0.260. The molecule has 1 N–H and O–H groups in total. The van der Waals surface area contributed by atoms with Gasteiger partial charge < -0.3 is 10.1 Å². The van der Waals surface area contributed by atoms with Crippen LogP contribution < -0.4 is 10.1 Å². The molecule has 1 amide bonds. The Bertz CT molecular complexity index is 724. The van der Waals surface area contributed by atoms with Crippen LogP contribution in [-0.2, 0) is 4.79 Å². The predicted molar refractivity (Wildman–Crippen MR) is 100 cm³/mol. The van der Waals surface area contributed by atoms with Gasteiger partial charge >= 0.3 is 0 Å². The van der Waals surface area contributed by atoms with Gasteiger partial charge in [-0.1, -0.05) is 49.2 Å². The van der Waals surface area contributed by atoms with Crippen LogP contribution in [0.5, 0.6) is 5.75 Å². The quantitative estimate of drug-likeness (QED) is 0.723. The van der Waals surface area contributed by atoms with Crippen molar-refractivity contribution in [3.05, 3.63) is 57.6 Å². The van der Waals surface area contributed by atoms with Gasteiger partial charge in [-0.2, -0.15) is 0 Å². The number of carbonyl (C=O) groups excluding carboxylic acids is 1. The van der Waals surface area contributed by atoms with E-state index in [1.54, 1.807) is 25.1 Å². The number of aryl methyl sites for hydroxylation is 1. The second-order valence-electron chi connectivity index (χ2n) is 6.10. The van der Waals surface area contributed by atoms with Crippen LogP contribution in [0.2, 0.25) is 10.0 Å². The minimum Gasteiger partial charge on any atom is -0.481 e. The Morgan fingerprint density at radius 3 is 2.25 bits per heavy atom. The third-order valence-corrected chi connectivity index (χ3v) is 4.03. The second-order valence-corrected chi connectivity index (χ2v) is 6.98. The molecule has 2 rings (SSSR count). The number of halogens is 2. The molecule has 0 aromatic heterocycles. The lowest BCUT2D eigenvalue weighted by atomic mass is 10.0. The van der Waals surface area contributed by atoms with E-state index in [0.717, 1.165) is 16.9 Å². The molecule has 0 heterocycles. The molecule has 0 fully saturated rings. The van der Waals surface area contributed by atoms with Crippen LogP contribution in [0.1, 0.15) is 37.8 Å². The van der Waals surface area contributed by atoms with Gasteiger partial charge in [-0.25, -0.2) is 0 Å². The Balaban J connectivity index is 2.13. The molecule has 0 bridgehead atoms. The van der Waals surface area contributed by atoms with E-state index in [4.69, 9.17) is 27.9 Å². The van der Waals surface area contributed by atoms with Gasteiger partial charge in [-0.3, -0.25) is 4.79 Å². The van der Waals surface area contributed by atoms with Crippen molar-refractivity contribution in [1.82, 2.24) is 0 Å². The van der Waals surface area contributed by atoms with Gasteiger partial charge in [0.2, 0.25) is 0 Å². The van der Waals surface area contributed by atoms with Gasteiger partial charge in [-0.05, 0) is 55.2 Å². The van der Waals surface area contributed by atoms with E-state index in [-0.39, 0.29) is 5.91 Å². The number of benzene rings is 2. The van der Waals surface area contributed by atoms with E-state index in [2.05, 4.69) is 19.2 Å². The van der Waals surface area contributed by atoms with Crippen LogP contribution in [0.25, 0.3) is 0 Å². The molecule has 0 spiro atoms. The highest BCUT2D eigenvalue weighted by molar-refractivity contribution is 6.35. The number of hydrogen-bond donors (Lipinski definition) is 1. The maximum Gasteiger partial charge on any atom is 0.265 e. The number of rotatable bonds is 5. The zero-order valence-corrected chi connectivity index (χ0v) is 15.7. The summed E-state index contributed by atoms with van der Waals surface area (Å²) in [5.41, 5.74) is 2.70. The monoisotopic (exact) mass is 365 g/mol. The predicted octanol–water partition coefficient (Wildman–Crippen LogP) is 5.83. The van der Waals surface area contributed by atoms with E-state index < -0.39 is 6.10 Å². The van der Waals surface area contributed by atoms with Crippen molar-refractivity contribution in [2.75, 3.05) is 5.32 Å². The molecule has 0 aliphatic carbocycles. The number of carbonyl (C=O) groups is 1.